The van der Waals surface area contributed by atoms with Crippen LogP contribution in [0.25, 0.3) is 0 Å². The van der Waals surface area contributed by atoms with E-state index >= 15 is 0 Å². The zero-order valence-corrected chi connectivity index (χ0v) is 49.4. The van der Waals surface area contributed by atoms with Gasteiger partial charge in [0.05, 0.1) is 57.0 Å². The quantitative estimate of drug-likeness (QED) is 0.0163. The van der Waals surface area contributed by atoms with Gasteiger partial charge < -0.3 is 19.2 Å². The number of nitrogens with one attached hydrogen (secondary N) is 1. The monoisotopic (exact) mass is 1300 g/mol. The average Bonchev–Trinajstić information content (AvgIpc) is 2.67. The van der Waals surface area contributed by atoms with E-state index in [1.165, 1.54) is 84.9 Å². The van der Waals surface area contributed by atoms with E-state index in [1.54, 1.807) is 60.7 Å². The number of aliphatic carboxylic acids is 1. The molecule has 6 aromatic rings. The summed E-state index contributed by atoms with van der Waals surface area (Å²) in [4.78, 5) is 43.7. The van der Waals surface area contributed by atoms with Crippen molar-refractivity contribution in [2.24, 2.45) is 5.84 Å². The van der Waals surface area contributed by atoms with E-state index in [0.29, 0.717) is 49.1 Å². The van der Waals surface area contributed by atoms with E-state index in [4.69, 9.17) is 42.4 Å². The predicted octanol–water partition coefficient (Wildman–Crippen LogP) is 9.63. The number of amides is 1. The van der Waals surface area contributed by atoms with Crippen LogP contribution < -0.4 is 50.1 Å². The fourth-order valence-corrected chi connectivity index (χ4v) is 8.14. The first kappa shape index (κ1) is 79.0. The first-order chi connectivity index (χ1) is 38.7. The van der Waals surface area contributed by atoms with Crippen LogP contribution >= 0.6 is 27.5 Å². The average molecular weight is 1300 g/mol. The van der Waals surface area contributed by atoms with E-state index in [0.717, 1.165) is 72.4 Å². The maximum atomic E-state index is 12.7. The van der Waals surface area contributed by atoms with E-state index in [2.05, 4.69) is 27.4 Å². The molecule has 452 valence electrons. The van der Waals surface area contributed by atoms with Crippen LogP contribution in [0.1, 0.15) is 120 Å². The summed E-state index contributed by atoms with van der Waals surface area (Å²) in [7, 11) is 0. The molecule has 11 nitrogen and oxygen atoms in total. The molecule has 6 aromatic carbocycles. The van der Waals surface area contributed by atoms with Gasteiger partial charge in [-0.2, -0.15) is 14.9 Å². The van der Waals surface area contributed by atoms with Crippen molar-refractivity contribution < 1.29 is 105 Å². The number of rotatable bonds is 11. The summed E-state index contributed by atoms with van der Waals surface area (Å²) in [5, 5.41) is 26.9. The van der Waals surface area contributed by atoms with E-state index in [9.17, 15) is 49.9 Å². The van der Waals surface area contributed by atoms with Crippen LogP contribution in [0.15, 0.2) is 146 Å². The third-order valence-electron chi connectivity index (χ3n) is 13.9. The van der Waals surface area contributed by atoms with Gasteiger partial charge in [0.1, 0.15) is 41.2 Å². The first-order valence-corrected chi connectivity index (χ1v) is 27.2. The Balaban J connectivity index is 0.000000967. The van der Waals surface area contributed by atoms with Crippen molar-refractivity contribution in [3.63, 3.8) is 0 Å². The normalized spacial score (nSPS) is 15.3. The zero-order chi connectivity index (χ0) is 59.9. The van der Waals surface area contributed by atoms with Crippen molar-refractivity contribution in [2.45, 2.75) is 120 Å². The van der Waals surface area contributed by atoms with Crippen molar-refractivity contribution in [2.75, 3.05) is 11.2 Å². The molecule has 5 fully saturated rings. The Morgan fingerprint density at radius 2 is 0.871 bits per heavy atom. The Morgan fingerprint density at radius 1 is 0.576 bits per heavy atom. The van der Waals surface area contributed by atoms with Gasteiger partial charge in [0, 0.05) is 11.2 Å². The SMILES string of the molecule is C.C.C.ClCCBr.N#CC1(c2ccc(F)cc2)CC1.N#CCc1ccc(F)cc1.NNC(=O)C1(c2ccc(F)cc2)CC1.O=C(F)C1(c2ccc(F)cc2)CC1.O=C(O)C1(c2ccc(F)cc2)CC1.O=CC1(c2ccc(F)cc2)CC1.[Na+].[O-][Cl+][O-]. The standard InChI is InChI=1S/C10H8F2O.C10H11FN2O.C10H8FN.C10H9FO2.C10H9FO.C8H6FN.C2H4BrCl.3CH4.ClO2.Na/c11-8-3-1-7(2-4-8)10(5-6-10)9(12)13;11-8-3-1-7(2-4-8)10(5-6-10)9(14)13-12;11-9-3-1-8(2-4-9)10(7-12)5-6-10;11-8-3-1-7(2-4-8)10(5-6-10)9(12)13;11-9-3-1-8(2-4-9)10(7-12)5-6-10;9-8-3-1-7(2-4-8)5-6-10;3-1-2-4;;;;2-1-3;/h1-4H,5-6H2;1-4H,5-6,12H2,(H,13,14);1-4H,5-6H2;1-4H,5-6H2,(H,12,13);1-4,7H,5-6H2;1-4H,5H2;1-2H2;3*1H4;;/q;;;;;;;;;;-1;+1. The summed E-state index contributed by atoms with van der Waals surface area (Å²) < 4.78 is 104. The van der Waals surface area contributed by atoms with Gasteiger partial charge in [-0.15, -0.1) is 11.6 Å². The van der Waals surface area contributed by atoms with E-state index < -0.39 is 39.6 Å². The molecule has 0 spiro atoms. The number of halogens is 10. The van der Waals surface area contributed by atoms with Crippen molar-refractivity contribution in [3.8, 4) is 12.1 Å². The van der Waals surface area contributed by atoms with Gasteiger partial charge in [-0.05, 0) is 170 Å². The van der Waals surface area contributed by atoms with Gasteiger partial charge in [-0.1, -0.05) is 111 Å². The minimum absolute atomic E-state index is 0. The summed E-state index contributed by atoms with van der Waals surface area (Å²) in [6.07, 6.45) is 8.91. The molecule has 11 rings (SSSR count). The molecule has 0 saturated heterocycles. The van der Waals surface area contributed by atoms with Gasteiger partial charge in [-0.3, -0.25) is 19.8 Å². The van der Waals surface area contributed by atoms with Crippen molar-refractivity contribution >= 4 is 51.7 Å². The summed E-state index contributed by atoms with van der Waals surface area (Å²) >= 11 is 7.84. The van der Waals surface area contributed by atoms with Gasteiger partial charge in [0.2, 0.25) is 5.91 Å². The van der Waals surface area contributed by atoms with Crippen molar-refractivity contribution in [3.05, 3.63) is 214 Å². The van der Waals surface area contributed by atoms with Crippen LogP contribution in [-0.2, 0) is 52.7 Å². The number of hydrogen-bond donors (Lipinski definition) is 3. The molecule has 0 radical (unpaired) electrons. The number of hydrazine groups is 1. The third kappa shape index (κ3) is 23.3. The number of benzene rings is 6. The van der Waals surface area contributed by atoms with Crippen LogP contribution in [0.3, 0.4) is 0 Å². The second-order valence-corrected chi connectivity index (χ2v) is 20.5. The molecule has 5 saturated carbocycles. The number of nitrogens with two attached hydrogens (primary N) is 1. The van der Waals surface area contributed by atoms with Crippen LogP contribution in [0.4, 0.5) is 30.7 Å². The maximum absolute atomic E-state index is 12.7. The Morgan fingerprint density at radius 3 is 1.11 bits per heavy atom. The first-order valence-electron chi connectivity index (χ1n) is 24.9. The minimum atomic E-state index is -1.31. The number of carbonyl (C=O) groups excluding carboxylic acids is 3. The molecule has 22 heteroatoms. The van der Waals surface area contributed by atoms with Crippen molar-refractivity contribution in [1.29, 1.82) is 10.5 Å². The number of nitriles is 2. The van der Waals surface area contributed by atoms with Crippen LogP contribution in [0, 0.1) is 68.9 Å². The molecule has 1 amide bonds. The molecular weight excluding hydrogens is 1230 g/mol. The molecule has 5 aliphatic carbocycles. The van der Waals surface area contributed by atoms with Gasteiger partial charge in [0.15, 0.2) is 0 Å². The summed E-state index contributed by atoms with van der Waals surface area (Å²) in [6.45, 7) is 0. The van der Waals surface area contributed by atoms with Gasteiger partial charge in [-0.25, -0.2) is 32.2 Å². The number of hydrogen-bond acceptors (Lipinski definition) is 9. The smallest absolute Gasteiger partial charge is 0.544 e. The Labute approximate surface area is 532 Å². The van der Waals surface area contributed by atoms with Crippen LogP contribution in [-0.4, -0.2) is 40.5 Å². The number of nitrogens with zero attached hydrogens (tertiary/aromatic N) is 2. The molecule has 0 atom stereocenters. The number of carboxylic acid groups (broad SMARTS) is 1. The molecule has 4 N–H and O–H groups in total. The Kier molecular flexibility index (Phi) is 34.9. The number of carbonyl (C=O) groups is 4. The second kappa shape index (κ2) is 37.6. The molecule has 0 aromatic heterocycles. The summed E-state index contributed by atoms with van der Waals surface area (Å²) in [6, 6.07) is 38.4. The van der Waals surface area contributed by atoms with Gasteiger partial charge in [0.25, 0.3) is 0 Å². The Bertz CT molecular complexity index is 2990. The number of carboxylic acids is 1. The number of aldehydes is 1. The second-order valence-electron chi connectivity index (χ2n) is 19.2. The zero-order valence-electron chi connectivity index (χ0n) is 44.3. The van der Waals surface area contributed by atoms with E-state index in [-0.39, 0.29) is 103 Å². The molecule has 0 bridgehead atoms. The maximum Gasteiger partial charge on any atom is 1.00 e. The predicted molar refractivity (Wildman–Crippen MR) is 305 cm³/mol. The largest absolute Gasteiger partial charge is 1.00 e. The fourth-order valence-electron chi connectivity index (χ4n) is 8.14. The van der Waals surface area contributed by atoms with Crippen LogP contribution in [0.2, 0.25) is 0 Å². The summed E-state index contributed by atoms with van der Waals surface area (Å²) in [5.74, 6) is 3.06. The molecular formula is C63H67BrCl2F7N4NaO7. The molecule has 85 heavy (non-hydrogen) atoms. The molecule has 5 aliphatic rings. The minimum Gasteiger partial charge on any atom is -0.544 e. The van der Waals surface area contributed by atoms with Crippen molar-refractivity contribution in [1.82, 2.24) is 5.43 Å². The summed E-state index contributed by atoms with van der Waals surface area (Å²) in [5.41, 5.74) is 4.32. The third-order valence-corrected chi connectivity index (χ3v) is 14.9. The van der Waals surface area contributed by atoms with E-state index in [1.807, 2.05) is 6.07 Å². The molecule has 0 unspecified atom stereocenters. The van der Waals surface area contributed by atoms with Crippen LogP contribution in [0.5, 0.6) is 0 Å². The molecule has 0 aliphatic heterocycles. The van der Waals surface area contributed by atoms with Gasteiger partial charge >= 0.3 is 41.6 Å². The topological polar surface area (TPSA) is 220 Å². The molecule has 0 heterocycles. The number of alkyl halides is 2. The fraction of sp³-hybridized carbons (Fsp3) is 0.333. The Hall–Kier alpha value is -5.97.